The van der Waals surface area contributed by atoms with Gasteiger partial charge in [-0.1, -0.05) is 11.6 Å². The van der Waals surface area contributed by atoms with Gasteiger partial charge in [-0.15, -0.1) is 0 Å². The molecule has 8 heteroatoms. The van der Waals surface area contributed by atoms with E-state index in [-0.39, 0.29) is 0 Å². The molecule has 0 spiro atoms. The molecular formula is C14H22ClN7. The van der Waals surface area contributed by atoms with Crippen LogP contribution in [0.4, 0.5) is 0 Å². The molecule has 0 atom stereocenters. The SMILES string of the molecule is CCNC(=NCc1ncnn1C)N(C)Cc1cc(Cl)cn1C. The Morgan fingerprint density at radius 3 is 2.77 bits per heavy atom. The summed E-state index contributed by atoms with van der Waals surface area (Å²) in [5.41, 5.74) is 1.12. The molecule has 0 bridgehead atoms. The fourth-order valence-corrected chi connectivity index (χ4v) is 2.39. The van der Waals surface area contributed by atoms with Crippen molar-refractivity contribution in [3.63, 3.8) is 0 Å². The summed E-state index contributed by atoms with van der Waals surface area (Å²) in [6, 6.07) is 1.96. The van der Waals surface area contributed by atoms with E-state index in [1.807, 2.05) is 44.9 Å². The van der Waals surface area contributed by atoms with Gasteiger partial charge < -0.3 is 14.8 Å². The standard InChI is InChI=1S/C14H22ClN7/c1-5-16-14(17-7-13-18-10-19-22(13)4)21(3)9-12-6-11(15)8-20(12)2/h6,8,10H,5,7,9H2,1-4H3,(H,16,17). The predicted octanol–water partition coefficient (Wildman–Crippen LogP) is 1.40. The van der Waals surface area contributed by atoms with Crippen molar-refractivity contribution in [2.45, 2.75) is 20.0 Å². The van der Waals surface area contributed by atoms with E-state index in [9.17, 15) is 0 Å². The number of aromatic nitrogens is 4. The first-order valence-electron chi connectivity index (χ1n) is 7.14. The fraction of sp³-hybridized carbons (Fsp3) is 0.500. The molecule has 0 saturated carbocycles. The van der Waals surface area contributed by atoms with Gasteiger partial charge in [0, 0.05) is 39.6 Å². The molecule has 7 nitrogen and oxygen atoms in total. The van der Waals surface area contributed by atoms with Crippen LogP contribution in [-0.2, 0) is 27.2 Å². The topological polar surface area (TPSA) is 63.3 Å². The number of halogens is 1. The number of hydrogen-bond acceptors (Lipinski definition) is 3. The number of aryl methyl sites for hydroxylation is 2. The highest BCUT2D eigenvalue weighted by molar-refractivity contribution is 6.30. The number of rotatable bonds is 5. The molecular weight excluding hydrogens is 302 g/mol. The first kappa shape index (κ1) is 16.4. The molecule has 0 fully saturated rings. The van der Waals surface area contributed by atoms with Gasteiger partial charge in [-0.3, -0.25) is 4.68 Å². The minimum absolute atomic E-state index is 0.483. The summed E-state index contributed by atoms with van der Waals surface area (Å²) in [5, 5.41) is 8.08. The Labute approximate surface area is 135 Å². The Hall–Kier alpha value is -2.02. The molecule has 120 valence electrons. The summed E-state index contributed by atoms with van der Waals surface area (Å²) in [4.78, 5) is 10.9. The van der Waals surface area contributed by atoms with Crippen LogP contribution in [0.15, 0.2) is 23.6 Å². The van der Waals surface area contributed by atoms with Crippen molar-refractivity contribution in [3.05, 3.63) is 35.1 Å². The molecule has 0 amide bonds. The largest absolute Gasteiger partial charge is 0.357 e. The summed E-state index contributed by atoms with van der Waals surface area (Å²) < 4.78 is 3.75. The lowest BCUT2D eigenvalue weighted by atomic mass is 10.4. The Morgan fingerprint density at radius 1 is 1.45 bits per heavy atom. The van der Waals surface area contributed by atoms with E-state index in [4.69, 9.17) is 11.6 Å². The second kappa shape index (κ2) is 7.31. The third-order valence-electron chi connectivity index (χ3n) is 3.35. The Balaban J connectivity index is 2.09. The zero-order valence-corrected chi connectivity index (χ0v) is 14.2. The summed E-state index contributed by atoms with van der Waals surface area (Å²) in [7, 11) is 5.85. The van der Waals surface area contributed by atoms with Crippen LogP contribution in [0.5, 0.6) is 0 Å². The van der Waals surface area contributed by atoms with Crippen molar-refractivity contribution in [2.75, 3.05) is 13.6 Å². The van der Waals surface area contributed by atoms with Gasteiger partial charge >= 0.3 is 0 Å². The number of nitrogens with zero attached hydrogens (tertiary/aromatic N) is 6. The van der Waals surface area contributed by atoms with Gasteiger partial charge in [0.1, 0.15) is 18.7 Å². The summed E-state index contributed by atoms with van der Waals surface area (Å²) in [5.74, 6) is 1.65. The monoisotopic (exact) mass is 323 g/mol. The van der Waals surface area contributed by atoms with E-state index in [0.29, 0.717) is 13.1 Å². The van der Waals surface area contributed by atoms with Gasteiger partial charge in [0.2, 0.25) is 0 Å². The third kappa shape index (κ3) is 4.00. The van der Waals surface area contributed by atoms with Crippen molar-refractivity contribution in [1.82, 2.24) is 29.5 Å². The van der Waals surface area contributed by atoms with Crippen molar-refractivity contribution in [2.24, 2.45) is 19.1 Å². The van der Waals surface area contributed by atoms with Gasteiger partial charge in [0.25, 0.3) is 0 Å². The van der Waals surface area contributed by atoms with Crippen LogP contribution in [0, 0.1) is 0 Å². The van der Waals surface area contributed by atoms with Crippen LogP contribution >= 0.6 is 11.6 Å². The fourth-order valence-electron chi connectivity index (χ4n) is 2.12. The maximum absolute atomic E-state index is 6.03. The molecule has 0 aliphatic heterocycles. The molecule has 0 saturated heterocycles. The van der Waals surface area contributed by atoms with Gasteiger partial charge in [0.05, 0.1) is 11.6 Å². The Morgan fingerprint density at radius 2 is 2.23 bits per heavy atom. The lowest BCUT2D eigenvalue weighted by Crippen LogP contribution is -2.38. The predicted molar refractivity (Wildman–Crippen MR) is 87.7 cm³/mol. The minimum Gasteiger partial charge on any atom is -0.357 e. The summed E-state index contributed by atoms with van der Waals surface area (Å²) in [6.45, 7) is 4.05. The van der Waals surface area contributed by atoms with Gasteiger partial charge in [0.15, 0.2) is 5.96 Å². The molecule has 0 aromatic carbocycles. The van der Waals surface area contributed by atoms with E-state index in [1.165, 1.54) is 6.33 Å². The molecule has 0 radical (unpaired) electrons. The van der Waals surface area contributed by atoms with Gasteiger partial charge in [-0.05, 0) is 13.0 Å². The second-order valence-corrected chi connectivity index (χ2v) is 5.52. The zero-order chi connectivity index (χ0) is 16.1. The molecule has 2 rings (SSSR count). The van der Waals surface area contributed by atoms with Crippen LogP contribution < -0.4 is 5.32 Å². The Bertz CT molecular complexity index is 643. The highest BCUT2D eigenvalue weighted by Crippen LogP contribution is 2.14. The third-order valence-corrected chi connectivity index (χ3v) is 3.55. The quantitative estimate of drug-likeness (QED) is 0.667. The molecule has 2 heterocycles. The maximum atomic E-state index is 6.03. The molecule has 0 aliphatic rings. The second-order valence-electron chi connectivity index (χ2n) is 5.09. The van der Waals surface area contributed by atoms with Crippen LogP contribution in [0.3, 0.4) is 0 Å². The molecule has 2 aromatic heterocycles. The number of guanidine groups is 1. The van der Waals surface area contributed by atoms with E-state index >= 15 is 0 Å². The van der Waals surface area contributed by atoms with Crippen LogP contribution in [-0.4, -0.2) is 43.8 Å². The minimum atomic E-state index is 0.483. The van der Waals surface area contributed by atoms with Crippen molar-refractivity contribution in [1.29, 1.82) is 0 Å². The number of hydrogen-bond donors (Lipinski definition) is 1. The summed E-state index contributed by atoms with van der Waals surface area (Å²) >= 11 is 6.03. The highest BCUT2D eigenvalue weighted by atomic mass is 35.5. The van der Waals surface area contributed by atoms with Crippen LogP contribution in [0.1, 0.15) is 18.4 Å². The average Bonchev–Trinajstić information content (AvgIpc) is 3.00. The van der Waals surface area contributed by atoms with Gasteiger partial charge in [-0.2, -0.15) is 5.10 Å². The zero-order valence-electron chi connectivity index (χ0n) is 13.4. The smallest absolute Gasteiger partial charge is 0.194 e. The first-order chi connectivity index (χ1) is 10.5. The molecule has 22 heavy (non-hydrogen) atoms. The molecule has 1 N–H and O–H groups in total. The van der Waals surface area contributed by atoms with Crippen molar-refractivity contribution < 1.29 is 0 Å². The van der Waals surface area contributed by atoms with Crippen molar-refractivity contribution >= 4 is 17.6 Å². The Kier molecular flexibility index (Phi) is 5.43. The van der Waals surface area contributed by atoms with E-state index in [2.05, 4.69) is 25.3 Å². The maximum Gasteiger partial charge on any atom is 0.194 e. The first-order valence-corrected chi connectivity index (χ1v) is 7.52. The van der Waals surface area contributed by atoms with Crippen LogP contribution in [0.25, 0.3) is 0 Å². The molecule has 0 aliphatic carbocycles. The number of aliphatic imine (C=N–C) groups is 1. The van der Waals surface area contributed by atoms with Crippen molar-refractivity contribution in [3.8, 4) is 0 Å². The number of nitrogens with one attached hydrogen (secondary N) is 1. The average molecular weight is 324 g/mol. The molecule has 2 aromatic rings. The lowest BCUT2D eigenvalue weighted by Gasteiger charge is -2.22. The molecule has 0 unspecified atom stereocenters. The van der Waals surface area contributed by atoms with E-state index < -0.39 is 0 Å². The normalized spacial score (nSPS) is 11.8. The van der Waals surface area contributed by atoms with Gasteiger partial charge in [-0.25, -0.2) is 9.98 Å². The van der Waals surface area contributed by atoms with E-state index in [1.54, 1.807) is 4.68 Å². The summed E-state index contributed by atoms with van der Waals surface area (Å²) in [6.07, 6.45) is 3.43. The lowest BCUT2D eigenvalue weighted by molar-refractivity contribution is 0.461. The van der Waals surface area contributed by atoms with Crippen LogP contribution in [0.2, 0.25) is 5.02 Å². The van der Waals surface area contributed by atoms with E-state index in [0.717, 1.165) is 29.0 Å². The highest BCUT2D eigenvalue weighted by Gasteiger charge is 2.10.